The van der Waals surface area contributed by atoms with Crippen molar-refractivity contribution < 1.29 is 23.1 Å². The Labute approximate surface area is 124 Å². The first-order valence-corrected chi connectivity index (χ1v) is 6.98. The number of carbonyl (C=O) groups is 1. The number of aromatic nitrogens is 2. The van der Waals surface area contributed by atoms with Crippen LogP contribution in [0.5, 0.6) is 0 Å². The average molecular weight is 310 g/mol. The van der Waals surface area contributed by atoms with E-state index in [1.807, 2.05) is 0 Å². The summed E-state index contributed by atoms with van der Waals surface area (Å²) in [6, 6.07) is 1.87. The van der Waals surface area contributed by atoms with E-state index in [4.69, 9.17) is 0 Å². The maximum atomic E-state index is 14.0. The molecule has 0 amide bonds. The summed E-state index contributed by atoms with van der Waals surface area (Å²) in [5.74, 6) is -5.46. The average Bonchev–Trinajstić information content (AvgIpc) is 2.68. The predicted molar refractivity (Wildman–Crippen MR) is 71.7 cm³/mol. The van der Waals surface area contributed by atoms with Crippen LogP contribution in [0.15, 0.2) is 12.1 Å². The molecule has 0 saturated carbocycles. The summed E-state index contributed by atoms with van der Waals surface area (Å²) < 4.78 is 41.6. The number of benzene rings is 1. The molecule has 1 aliphatic rings. The van der Waals surface area contributed by atoms with Crippen molar-refractivity contribution in [1.29, 1.82) is 0 Å². The van der Waals surface area contributed by atoms with Gasteiger partial charge in [0.25, 0.3) is 0 Å². The van der Waals surface area contributed by atoms with Crippen molar-refractivity contribution in [3.63, 3.8) is 0 Å². The van der Waals surface area contributed by atoms with Crippen molar-refractivity contribution in [2.24, 2.45) is 0 Å². The highest BCUT2D eigenvalue weighted by molar-refractivity contribution is 5.87. The summed E-state index contributed by atoms with van der Waals surface area (Å²) in [7, 11) is 0. The Morgan fingerprint density at radius 2 is 1.82 bits per heavy atom. The van der Waals surface area contributed by atoms with Crippen LogP contribution in [0, 0.1) is 17.5 Å². The van der Waals surface area contributed by atoms with E-state index in [9.17, 15) is 23.1 Å². The second kappa shape index (κ2) is 5.47. The van der Waals surface area contributed by atoms with Gasteiger partial charge in [-0.1, -0.05) is 6.42 Å². The van der Waals surface area contributed by atoms with Crippen LogP contribution in [0.25, 0.3) is 5.69 Å². The largest absolute Gasteiger partial charge is 0.476 e. The van der Waals surface area contributed by atoms with Crippen molar-refractivity contribution >= 4 is 5.97 Å². The summed E-state index contributed by atoms with van der Waals surface area (Å²) in [6.07, 6.45) is 3.60. The zero-order valence-corrected chi connectivity index (χ0v) is 11.6. The van der Waals surface area contributed by atoms with Crippen molar-refractivity contribution in [2.75, 3.05) is 0 Å². The Bertz CT molecular complexity index is 756. The molecular weight excluding hydrogens is 297 g/mol. The molecule has 2 aromatic rings. The van der Waals surface area contributed by atoms with Gasteiger partial charge in [-0.05, 0) is 37.8 Å². The number of carboxylic acid groups (broad SMARTS) is 1. The zero-order chi connectivity index (χ0) is 15.9. The minimum atomic E-state index is -1.59. The van der Waals surface area contributed by atoms with Crippen LogP contribution in [0.1, 0.15) is 41.0 Å². The monoisotopic (exact) mass is 310 g/mol. The molecule has 0 radical (unpaired) electrons. The van der Waals surface area contributed by atoms with Crippen LogP contribution in [-0.4, -0.2) is 20.9 Å². The summed E-state index contributed by atoms with van der Waals surface area (Å²) in [6.45, 7) is 0. The first-order chi connectivity index (χ1) is 10.5. The Balaban J connectivity index is 2.23. The predicted octanol–water partition coefficient (Wildman–Crippen LogP) is 3.26. The van der Waals surface area contributed by atoms with Crippen LogP contribution in [0.3, 0.4) is 0 Å². The molecule has 1 aromatic heterocycles. The van der Waals surface area contributed by atoms with Crippen molar-refractivity contribution in [1.82, 2.24) is 9.78 Å². The number of fused-ring (bicyclic) bond motifs is 1. The van der Waals surface area contributed by atoms with Gasteiger partial charge in [0.15, 0.2) is 23.1 Å². The fourth-order valence-electron chi connectivity index (χ4n) is 2.83. The molecule has 0 aliphatic heterocycles. The molecule has 0 bridgehead atoms. The van der Waals surface area contributed by atoms with Gasteiger partial charge < -0.3 is 5.11 Å². The second-order valence-electron chi connectivity index (χ2n) is 5.25. The van der Waals surface area contributed by atoms with E-state index in [1.165, 1.54) is 0 Å². The van der Waals surface area contributed by atoms with Crippen LogP contribution >= 0.6 is 0 Å². The third kappa shape index (κ3) is 2.26. The lowest BCUT2D eigenvalue weighted by atomic mass is 10.1. The molecule has 7 heteroatoms. The topological polar surface area (TPSA) is 55.1 Å². The summed E-state index contributed by atoms with van der Waals surface area (Å²) in [5.41, 5.74) is 0.680. The van der Waals surface area contributed by atoms with Gasteiger partial charge in [0.2, 0.25) is 0 Å². The Morgan fingerprint density at radius 3 is 2.55 bits per heavy atom. The lowest BCUT2D eigenvalue weighted by molar-refractivity contribution is 0.0688. The SMILES string of the molecule is O=C(O)c1nn(-c2ccc(F)c(F)c2F)c2c1CCCCC2. The zero-order valence-electron chi connectivity index (χ0n) is 11.6. The molecule has 1 aliphatic carbocycles. The second-order valence-corrected chi connectivity index (χ2v) is 5.25. The minimum absolute atomic E-state index is 0.152. The highest BCUT2D eigenvalue weighted by Gasteiger charge is 2.26. The molecule has 0 saturated heterocycles. The van der Waals surface area contributed by atoms with Gasteiger partial charge in [0.05, 0.1) is 0 Å². The number of hydrogen-bond donors (Lipinski definition) is 1. The normalized spacial score (nSPS) is 14.5. The van der Waals surface area contributed by atoms with Crippen LogP contribution < -0.4 is 0 Å². The van der Waals surface area contributed by atoms with Gasteiger partial charge in [-0.25, -0.2) is 22.6 Å². The molecule has 4 nitrogen and oxygen atoms in total. The molecule has 1 N–H and O–H groups in total. The van der Waals surface area contributed by atoms with Crippen LogP contribution in [-0.2, 0) is 12.8 Å². The molecule has 1 aromatic carbocycles. The van der Waals surface area contributed by atoms with E-state index in [1.54, 1.807) is 0 Å². The Hall–Kier alpha value is -2.31. The quantitative estimate of drug-likeness (QED) is 0.684. The lowest BCUT2D eigenvalue weighted by Gasteiger charge is -2.09. The van der Waals surface area contributed by atoms with Crippen LogP contribution in [0.4, 0.5) is 13.2 Å². The molecule has 116 valence electrons. The highest BCUT2D eigenvalue weighted by Crippen LogP contribution is 2.28. The molecule has 3 rings (SSSR count). The van der Waals surface area contributed by atoms with Gasteiger partial charge in [0.1, 0.15) is 5.69 Å². The number of rotatable bonds is 2. The first-order valence-electron chi connectivity index (χ1n) is 6.98. The van der Waals surface area contributed by atoms with Crippen molar-refractivity contribution in [3.05, 3.63) is 46.5 Å². The standard InChI is InChI=1S/C15H13F3N2O2/c16-9-6-7-11(13(18)12(9)17)20-10-5-3-1-2-4-8(10)14(19-20)15(21)22/h6-7H,1-5H2,(H,21,22). The number of aromatic carboxylic acids is 1. The van der Waals surface area contributed by atoms with E-state index in [2.05, 4.69) is 5.10 Å². The summed E-state index contributed by atoms with van der Waals surface area (Å²) in [4.78, 5) is 11.3. The number of nitrogens with zero attached hydrogens (tertiary/aromatic N) is 2. The molecule has 22 heavy (non-hydrogen) atoms. The molecule has 0 unspecified atom stereocenters. The lowest BCUT2D eigenvalue weighted by Crippen LogP contribution is -2.08. The van der Waals surface area contributed by atoms with Crippen LogP contribution in [0.2, 0.25) is 0 Å². The molecule has 0 spiro atoms. The maximum absolute atomic E-state index is 14.0. The molecule has 1 heterocycles. The molecular formula is C15H13F3N2O2. The van der Waals surface area contributed by atoms with Gasteiger partial charge in [-0.15, -0.1) is 0 Å². The first kappa shape index (κ1) is 14.6. The highest BCUT2D eigenvalue weighted by atomic mass is 19.2. The van der Waals surface area contributed by atoms with E-state index in [0.717, 1.165) is 36.1 Å². The maximum Gasteiger partial charge on any atom is 0.356 e. The third-order valence-corrected chi connectivity index (χ3v) is 3.88. The Kier molecular flexibility index (Phi) is 3.64. The third-order valence-electron chi connectivity index (χ3n) is 3.88. The number of halogens is 3. The van der Waals surface area contributed by atoms with E-state index < -0.39 is 23.4 Å². The number of hydrogen-bond acceptors (Lipinski definition) is 2. The smallest absolute Gasteiger partial charge is 0.356 e. The van der Waals surface area contributed by atoms with Crippen molar-refractivity contribution in [2.45, 2.75) is 32.1 Å². The molecule has 0 fully saturated rings. The van der Waals surface area contributed by atoms with Gasteiger partial charge >= 0.3 is 5.97 Å². The van der Waals surface area contributed by atoms with Gasteiger partial charge in [0, 0.05) is 11.3 Å². The van der Waals surface area contributed by atoms with E-state index >= 15 is 0 Å². The summed E-state index contributed by atoms with van der Waals surface area (Å²) >= 11 is 0. The van der Waals surface area contributed by atoms with E-state index in [0.29, 0.717) is 24.1 Å². The van der Waals surface area contributed by atoms with Crippen molar-refractivity contribution in [3.8, 4) is 5.69 Å². The fourth-order valence-corrected chi connectivity index (χ4v) is 2.83. The fraction of sp³-hybridized carbons (Fsp3) is 0.333. The van der Waals surface area contributed by atoms with Gasteiger partial charge in [-0.3, -0.25) is 0 Å². The Morgan fingerprint density at radius 1 is 1.09 bits per heavy atom. The van der Waals surface area contributed by atoms with Gasteiger partial charge in [-0.2, -0.15) is 5.10 Å². The molecule has 0 atom stereocenters. The summed E-state index contributed by atoms with van der Waals surface area (Å²) in [5, 5.41) is 13.2. The minimum Gasteiger partial charge on any atom is -0.476 e. The van der Waals surface area contributed by atoms with E-state index in [-0.39, 0.29) is 11.4 Å². The number of carboxylic acids is 1.